The van der Waals surface area contributed by atoms with Gasteiger partial charge in [0.2, 0.25) is 0 Å². The number of hydrogen-bond acceptors (Lipinski definition) is 1. The van der Waals surface area contributed by atoms with Crippen molar-refractivity contribution in [2.45, 2.75) is 0 Å². The van der Waals surface area contributed by atoms with Gasteiger partial charge < -0.3 is 4.98 Å². The summed E-state index contributed by atoms with van der Waals surface area (Å²) in [5.74, 6) is 0. The molecule has 2 aromatic rings. The van der Waals surface area contributed by atoms with Crippen LogP contribution in [0.4, 0.5) is 0 Å². The highest BCUT2D eigenvalue weighted by Gasteiger charge is 2.11. The van der Waals surface area contributed by atoms with E-state index in [4.69, 9.17) is 0 Å². The third-order valence-electron chi connectivity index (χ3n) is 2.81. The number of nitrogens with one attached hydrogen (secondary N) is 1. The van der Waals surface area contributed by atoms with Crippen LogP contribution in [0, 0.1) is 0 Å². The first kappa shape index (κ1) is 11.2. The fourth-order valence-electron chi connectivity index (χ4n) is 1.99. The van der Waals surface area contributed by atoms with Crippen molar-refractivity contribution in [1.29, 1.82) is 0 Å². The smallest absolute Gasteiger partial charge is 0.0729 e. The molecule has 1 aromatic carbocycles. The topological polar surface area (TPSA) is 28.1 Å². The molecule has 0 saturated heterocycles. The van der Waals surface area contributed by atoms with E-state index in [1.165, 1.54) is 0 Å². The van der Waals surface area contributed by atoms with E-state index in [1.807, 2.05) is 42.8 Å². The Bertz CT molecular complexity index is 618. The number of allylic oxidation sites excluding steroid dienone is 2. The molecule has 3 heteroatoms. The van der Waals surface area contributed by atoms with Crippen LogP contribution in [-0.2, 0) is 0 Å². The highest BCUT2D eigenvalue weighted by molar-refractivity contribution is 9.10. The van der Waals surface area contributed by atoms with Gasteiger partial charge in [-0.05, 0) is 42.0 Å². The van der Waals surface area contributed by atoms with Gasteiger partial charge in [0.15, 0.2) is 0 Å². The SMILES string of the molecule is Brc1ccc(/C(=C2\C=CC=N2)c2ccc[nH]2)cc1. The minimum Gasteiger partial charge on any atom is -0.361 e. The van der Waals surface area contributed by atoms with Gasteiger partial charge in [0.25, 0.3) is 0 Å². The van der Waals surface area contributed by atoms with E-state index in [-0.39, 0.29) is 0 Å². The Kier molecular flexibility index (Phi) is 2.99. The van der Waals surface area contributed by atoms with Gasteiger partial charge in [0.1, 0.15) is 0 Å². The number of H-pyrrole nitrogens is 1. The van der Waals surface area contributed by atoms with Crippen molar-refractivity contribution in [2.24, 2.45) is 4.99 Å². The highest BCUT2D eigenvalue weighted by atomic mass is 79.9. The molecule has 0 fully saturated rings. The van der Waals surface area contributed by atoms with Crippen LogP contribution >= 0.6 is 15.9 Å². The number of aromatic amines is 1. The fraction of sp³-hybridized carbons (Fsp3) is 0. The van der Waals surface area contributed by atoms with Crippen molar-refractivity contribution in [3.05, 3.63) is 76.2 Å². The van der Waals surface area contributed by atoms with Crippen molar-refractivity contribution in [2.75, 3.05) is 0 Å². The minimum atomic E-state index is 0.986. The van der Waals surface area contributed by atoms with Gasteiger partial charge in [-0.15, -0.1) is 0 Å². The Balaban J connectivity index is 2.18. The maximum atomic E-state index is 4.40. The molecule has 0 aliphatic carbocycles. The Morgan fingerprint density at radius 2 is 1.94 bits per heavy atom. The van der Waals surface area contributed by atoms with Gasteiger partial charge in [-0.1, -0.05) is 28.1 Å². The Morgan fingerprint density at radius 1 is 1.11 bits per heavy atom. The van der Waals surface area contributed by atoms with Crippen molar-refractivity contribution in [1.82, 2.24) is 4.98 Å². The molecule has 88 valence electrons. The summed E-state index contributed by atoms with van der Waals surface area (Å²) in [5.41, 5.74) is 4.34. The zero-order valence-corrected chi connectivity index (χ0v) is 11.2. The Morgan fingerprint density at radius 3 is 2.56 bits per heavy atom. The summed E-state index contributed by atoms with van der Waals surface area (Å²) in [6.07, 6.45) is 7.73. The second-order valence-corrected chi connectivity index (χ2v) is 4.90. The average molecular weight is 299 g/mol. The molecule has 0 unspecified atom stereocenters. The van der Waals surface area contributed by atoms with E-state index in [2.05, 4.69) is 44.1 Å². The number of aromatic nitrogens is 1. The predicted octanol–water partition coefficient (Wildman–Crippen LogP) is 4.18. The van der Waals surface area contributed by atoms with Crippen LogP contribution in [0.5, 0.6) is 0 Å². The van der Waals surface area contributed by atoms with Crippen LogP contribution in [0.1, 0.15) is 11.3 Å². The van der Waals surface area contributed by atoms with Crippen LogP contribution in [0.3, 0.4) is 0 Å². The normalized spacial score (nSPS) is 16.3. The molecule has 0 saturated carbocycles. The Hall–Kier alpha value is -1.87. The van der Waals surface area contributed by atoms with E-state index >= 15 is 0 Å². The van der Waals surface area contributed by atoms with Crippen molar-refractivity contribution in [3.63, 3.8) is 0 Å². The summed E-state index contributed by atoms with van der Waals surface area (Å²) < 4.78 is 1.08. The number of benzene rings is 1. The zero-order valence-electron chi connectivity index (χ0n) is 9.60. The van der Waals surface area contributed by atoms with Crippen LogP contribution in [0.2, 0.25) is 0 Å². The van der Waals surface area contributed by atoms with Gasteiger partial charge in [-0.25, -0.2) is 0 Å². The monoisotopic (exact) mass is 298 g/mol. The maximum absolute atomic E-state index is 4.40. The van der Waals surface area contributed by atoms with E-state index < -0.39 is 0 Å². The average Bonchev–Trinajstić information content (AvgIpc) is 3.06. The van der Waals surface area contributed by atoms with Crippen molar-refractivity contribution >= 4 is 27.7 Å². The maximum Gasteiger partial charge on any atom is 0.0729 e. The van der Waals surface area contributed by atoms with Crippen LogP contribution in [0.25, 0.3) is 5.57 Å². The molecule has 1 aliphatic heterocycles. The number of halogens is 1. The molecule has 0 radical (unpaired) electrons. The molecule has 2 nitrogen and oxygen atoms in total. The zero-order chi connectivity index (χ0) is 12.4. The van der Waals surface area contributed by atoms with E-state index in [0.717, 1.165) is 27.0 Å². The van der Waals surface area contributed by atoms with Gasteiger partial charge in [0.05, 0.1) is 5.70 Å². The molecule has 1 aliphatic rings. The van der Waals surface area contributed by atoms with Crippen LogP contribution in [0.15, 0.2) is 69.9 Å². The third-order valence-corrected chi connectivity index (χ3v) is 3.34. The molecule has 2 heterocycles. The van der Waals surface area contributed by atoms with E-state index in [0.29, 0.717) is 0 Å². The van der Waals surface area contributed by atoms with Gasteiger partial charge in [-0.3, -0.25) is 4.99 Å². The largest absolute Gasteiger partial charge is 0.361 e. The summed E-state index contributed by atoms with van der Waals surface area (Å²) in [7, 11) is 0. The number of aliphatic imine (C=N–C) groups is 1. The summed E-state index contributed by atoms with van der Waals surface area (Å²) >= 11 is 3.46. The Labute approximate surface area is 114 Å². The lowest BCUT2D eigenvalue weighted by atomic mass is 10.0. The highest BCUT2D eigenvalue weighted by Crippen LogP contribution is 2.29. The van der Waals surface area contributed by atoms with Gasteiger partial charge >= 0.3 is 0 Å². The molecular formula is C15H11BrN2. The molecule has 1 aromatic heterocycles. The fourth-order valence-corrected chi connectivity index (χ4v) is 2.26. The lowest BCUT2D eigenvalue weighted by Crippen LogP contribution is -1.91. The number of hydrogen-bond donors (Lipinski definition) is 1. The second kappa shape index (κ2) is 4.78. The van der Waals surface area contributed by atoms with Crippen LogP contribution < -0.4 is 0 Å². The lowest BCUT2D eigenvalue weighted by Gasteiger charge is -2.08. The minimum absolute atomic E-state index is 0.986. The third kappa shape index (κ3) is 2.09. The van der Waals surface area contributed by atoms with Crippen molar-refractivity contribution < 1.29 is 0 Å². The summed E-state index contributed by atoms with van der Waals surface area (Å²) in [6, 6.07) is 12.3. The molecule has 0 spiro atoms. The summed E-state index contributed by atoms with van der Waals surface area (Å²) in [5, 5.41) is 0. The first-order valence-corrected chi connectivity index (χ1v) is 6.48. The van der Waals surface area contributed by atoms with E-state index in [1.54, 1.807) is 0 Å². The molecule has 0 amide bonds. The standard InChI is InChI=1S/C15H11BrN2/c16-12-7-5-11(6-8-12)15(13-3-1-9-17-13)14-4-2-10-18-14/h1-10,17H/b15-14-. The molecule has 1 N–H and O–H groups in total. The number of rotatable bonds is 2. The molecule has 0 bridgehead atoms. The first-order chi connectivity index (χ1) is 8.84. The molecule has 3 rings (SSSR count). The molecule has 0 atom stereocenters. The summed E-state index contributed by atoms with van der Waals surface area (Å²) in [6.45, 7) is 0. The summed E-state index contributed by atoms with van der Waals surface area (Å²) in [4.78, 5) is 7.65. The lowest BCUT2D eigenvalue weighted by molar-refractivity contribution is 1.32. The van der Waals surface area contributed by atoms with Gasteiger partial charge in [-0.2, -0.15) is 0 Å². The molecular weight excluding hydrogens is 288 g/mol. The predicted molar refractivity (Wildman–Crippen MR) is 78.6 cm³/mol. The molecule has 18 heavy (non-hydrogen) atoms. The second-order valence-electron chi connectivity index (χ2n) is 3.99. The quantitative estimate of drug-likeness (QED) is 0.862. The van der Waals surface area contributed by atoms with E-state index in [9.17, 15) is 0 Å². The van der Waals surface area contributed by atoms with Crippen molar-refractivity contribution in [3.8, 4) is 0 Å². The number of nitrogens with zero attached hydrogens (tertiary/aromatic N) is 1. The first-order valence-electron chi connectivity index (χ1n) is 5.69. The van der Waals surface area contributed by atoms with Crippen LogP contribution in [-0.4, -0.2) is 11.2 Å². The van der Waals surface area contributed by atoms with Gasteiger partial charge in [0, 0.05) is 28.2 Å².